The second-order valence-electron chi connectivity index (χ2n) is 2.30. The van der Waals surface area contributed by atoms with Crippen LogP contribution in [0, 0.1) is 6.08 Å². The number of hydrogen-bond donors (Lipinski definition) is 0. The fourth-order valence-corrected chi connectivity index (χ4v) is 1.07. The Bertz CT molecular complexity index is 281. The Kier molecular flexibility index (Phi) is 1.40. The van der Waals surface area contributed by atoms with Crippen LogP contribution < -0.4 is 4.89 Å². The summed E-state index contributed by atoms with van der Waals surface area (Å²) in [5.41, 5.74) is 0.988. The van der Waals surface area contributed by atoms with Crippen LogP contribution in [-0.4, -0.2) is 0 Å². The smallest absolute Gasteiger partial charge is 0.171 e. The van der Waals surface area contributed by atoms with Crippen molar-refractivity contribution in [3.05, 3.63) is 42.5 Å². The molecule has 2 nitrogen and oxygen atoms in total. The van der Waals surface area contributed by atoms with Gasteiger partial charge in [-0.3, -0.25) is 0 Å². The molecule has 0 bridgehead atoms. The molecule has 0 spiro atoms. The molecular formula is C9H7O2. The Balaban J connectivity index is 2.46. The molecule has 2 heteroatoms. The van der Waals surface area contributed by atoms with Crippen LogP contribution >= 0.6 is 0 Å². The lowest BCUT2D eigenvalue weighted by atomic mass is 10.1. The van der Waals surface area contributed by atoms with E-state index >= 15 is 0 Å². The Morgan fingerprint density at radius 2 is 2.18 bits per heavy atom. The average Bonchev–Trinajstić information content (AvgIpc) is 2.47. The van der Waals surface area contributed by atoms with Crippen LogP contribution in [0.5, 0.6) is 5.75 Å². The standard InChI is InChI=1S/C9H7O2/c1-2-8-7-5-3-4-6-9(7)11-10-8/h3-6,8H,1H2. The van der Waals surface area contributed by atoms with Crippen molar-refractivity contribution in [2.75, 3.05) is 0 Å². The maximum Gasteiger partial charge on any atom is 0.171 e. The molecule has 0 saturated heterocycles. The average molecular weight is 147 g/mol. The number of hydrogen-bond acceptors (Lipinski definition) is 2. The highest BCUT2D eigenvalue weighted by Gasteiger charge is 2.22. The monoisotopic (exact) mass is 147 g/mol. The van der Waals surface area contributed by atoms with E-state index in [0.29, 0.717) is 0 Å². The quantitative estimate of drug-likeness (QED) is 0.566. The van der Waals surface area contributed by atoms with E-state index in [1.54, 1.807) is 0 Å². The fraction of sp³-hybridized carbons (Fsp3) is 0.111. The lowest BCUT2D eigenvalue weighted by Crippen LogP contribution is -1.91. The first-order valence-electron chi connectivity index (χ1n) is 3.36. The van der Waals surface area contributed by atoms with Crippen LogP contribution in [0.1, 0.15) is 11.7 Å². The van der Waals surface area contributed by atoms with Gasteiger partial charge in [0.25, 0.3) is 0 Å². The van der Waals surface area contributed by atoms with Crippen molar-refractivity contribution < 1.29 is 9.78 Å². The van der Waals surface area contributed by atoms with Gasteiger partial charge in [-0.1, -0.05) is 24.8 Å². The number of fused-ring (bicyclic) bond motifs is 1. The largest absolute Gasteiger partial charge is 0.336 e. The molecule has 2 rings (SSSR count). The molecule has 11 heavy (non-hydrogen) atoms. The molecule has 55 valence electrons. The van der Waals surface area contributed by atoms with E-state index in [9.17, 15) is 0 Å². The van der Waals surface area contributed by atoms with Gasteiger partial charge in [-0.05, 0) is 12.1 Å². The van der Waals surface area contributed by atoms with Crippen molar-refractivity contribution in [1.82, 2.24) is 0 Å². The Morgan fingerprint density at radius 3 is 3.00 bits per heavy atom. The molecule has 1 aromatic rings. The summed E-state index contributed by atoms with van der Waals surface area (Å²) in [6.45, 7) is 3.51. The molecule has 0 aromatic heterocycles. The van der Waals surface area contributed by atoms with E-state index in [4.69, 9.17) is 9.78 Å². The van der Waals surface area contributed by atoms with Gasteiger partial charge in [0.15, 0.2) is 11.9 Å². The van der Waals surface area contributed by atoms with E-state index in [2.05, 4.69) is 12.7 Å². The molecule has 0 amide bonds. The van der Waals surface area contributed by atoms with Gasteiger partial charge in [0.2, 0.25) is 0 Å². The van der Waals surface area contributed by atoms with Crippen LogP contribution in [0.15, 0.2) is 30.8 Å². The van der Waals surface area contributed by atoms with Crippen LogP contribution in [-0.2, 0) is 4.89 Å². The Labute approximate surface area is 65.0 Å². The lowest BCUT2D eigenvalue weighted by molar-refractivity contribution is -0.212. The predicted octanol–water partition coefficient (Wildman–Crippen LogP) is 2.04. The van der Waals surface area contributed by atoms with Crippen molar-refractivity contribution in [3.8, 4) is 5.75 Å². The second kappa shape index (κ2) is 2.40. The van der Waals surface area contributed by atoms with E-state index in [1.165, 1.54) is 0 Å². The van der Waals surface area contributed by atoms with E-state index in [0.717, 1.165) is 11.3 Å². The molecule has 1 atom stereocenters. The van der Waals surface area contributed by atoms with Crippen molar-refractivity contribution in [1.29, 1.82) is 0 Å². The summed E-state index contributed by atoms with van der Waals surface area (Å²) >= 11 is 0. The highest BCUT2D eigenvalue weighted by atomic mass is 17.2. The predicted molar refractivity (Wildman–Crippen MR) is 39.8 cm³/mol. The zero-order chi connectivity index (χ0) is 7.68. The van der Waals surface area contributed by atoms with Gasteiger partial charge in [-0.15, -0.1) is 0 Å². The minimum atomic E-state index is -0.230. The maximum absolute atomic E-state index is 4.90. The first-order chi connectivity index (χ1) is 5.42. The molecular weight excluding hydrogens is 140 g/mol. The third kappa shape index (κ3) is 0.917. The Morgan fingerprint density at radius 1 is 1.36 bits per heavy atom. The fourth-order valence-electron chi connectivity index (χ4n) is 1.07. The van der Waals surface area contributed by atoms with Crippen LogP contribution in [0.4, 0.5) is 0 Å². The molecule has 1 aromatic carbocycles. The molecule has 1 heterocycles. The minimum absolute atomic E-state index is 0.230. The summed E-state index contributed by atoms with van der Waals surface area (Å²) in [4.78, 5) is 9.80. The van der Waals surface area contributed by atoms with Gasteiger partial charge in [0.1, 0.15) is 0 Å². The molecule has 0 aliphatic carbocycles. The molecule has 0 N–H and O–H groups in total. The first-order valence-corrected chi connectivity index (χ1v) is 3.36. The van der Waals surface area contributed by atoms with Gasteiger partial charge in [0, 0.05) is 5.56 Å². The highest BCUT2D eigenvalue weighted by molar-refractivity contribution is 5.37. The zero-order valence-electron chi connectivity index (χ0n) is 5.91. The summed E-state index contributed by atoms with van der Waals surface area (Å²) in [5.74, 6) is 0.758. The third-order valence-electron chi connectivity index (χ3n) is 1.62. The summed E-state index contributed by atoms with van der Waals surface area (Å²) in [6, 6.07) is 7.62. The molecule has 0 saturated carbocycles. The number of benzene rings is 1. The van der Waals surface area contributed by atoms with Crippen molar-refractivity contribution in [2.24, 2.45) is 0 Å². The number of rotatable bonds is 1. The minimum Gasteiger partial charge on any atom is -0.336 e. The Hall–Kier alpha value is -1.28. The topological polar surface area (TPSA) is 18.5 Å². The molecule has 1 radical (unpaired) electrons. The summed E-state index contributed by atoms with van der Waals surface area (Å²) in [6.07, 6.45) is 2.49. The normalized spacial score (nSPS) is 20.5. The second-order valence-corrected chi connectivity index (χ2v) is 2.30. The lowest BCUT2D eigenvalue weighted by Gasteiger charge is -1.96. The van der Waals surface area contributed by atoms with Crippen LogP contribution in [0.3, 0.4) is 0 Å². The summed E-state index contributed by atoms with van der Waals surface area (Å²) in [5, 5.41) is 0. The van der Waals surface area contributed by atoms with E-state index in [-0.39, 0.29) is 6.10 Å². The van der Waals surface area contributed by atoms with Gasteiger partial charge >= 0.3 is 0 Å². The summed E-state index contributed by atoms with van der Waals surface area (Å²) < 4.78 is 0. The van der Waals surface area contributed by atoms with E-state index < -0.39 is 0 Å². The van der Waals surface area contributed by atoms with Crippen molar-refractivity contribution in [3.63, 3.8) is 0 Å². The van der Waals surface area contributed by atoms with Crippen LogP contribution in [0.25, 0.3) is 0 Å². The van der Waals surface area contributed by atoms with Crippen molar-refractivity contribution in [2.45, 2.75) is 6.10 Å². The number of para-hydroxylation sites is 1. The maximum atomic E-state index is 4.90. The van der Waals surface area contributed by atoms with Crippen LogP contribution in [0.2, 0.25) is 0 Å². The molecule has 1 aliphatic heterocycles. The van der Waals surface area contributed by atoms with Crippen molar-refractivity contribution >= 4 is 0 Å². The molecule has 1 aliphatic rings. The van der Waals surface area contributed by atoms with Gasteiger partial charge in [-0.2, -0.15) is 4.89 Å². The first kappa shape index (κ1) is 6.43. The third-order valence-corrected chi connectivity index (χ3v) is 1.62. The SMILES string of the molecule is C=[C]C1OOc2ccccc21. The van der Waals surface area contributed by atoms with E-state index in [1.807, 2.05) is 24.3 Å². The van der Waals surface area contributed by atoms with Gasteiger partial charge < -0.3 is 4.89 Å². The molecule has 0 fully saturated rings. The highest BCUT2D eigenvalue weighted by Crippen LogP contribution is 2.34. The summed E-state index contributed by atoms with van der Waals surface area (Å²) in [7, 11) is 0. The zero-order valence-corrected chi connectivity index (χ0v) is 5.91. The van der Waals surface area contributed by atoms with Gasteiger partial charge in [-0.25, -0.2) is 0 Å². The van der Waals surface area contributed by atoms with Gasteiger partial charge in [0.05, 0.1) is 0 Å². The molecule has 1 unspecified atom stereocenters.